The molecule has 0 spiro atoms. The van der Waals surface area contributed by atoms with Crippen molar-refractivity contribution in [3.63, 3.8) is 0 Å². The van der Waals surface area contributed by atoms with Crippen LogP contribution in [-0.4, -0.2) is 48.3 Å². The topological polar surface area (TPSA) is 23.6 Å². The summed E-state index contributed by atoms with van der Waals surface area (Å²) < 4.78 is 0. The Morgan fingerprint density at radius 3 is 2.17 bits per heavy atom. The number of piperazine rings is 1. The lowest BCUT2D eigenvalue weighted by Crippen LogP contribution is -2.46. The number of hydrogen-bond donors (Lipinski definition) is 0. The summed E-state index contributed by atoms with van der Waals surface area (Å²) in [5.41, 5.74) is 3.41. The molecule has 1 aliphatic heterocycles. The Labute approximate surface area is 144 Å². The molecule has 2 aromatic carbocycles. The maximum absolute atomic E-state index is 12.3. The number of hydrogen-bond acceptors (Lipinski definition) is 3. The van der Waals surface area contributed by atoms with E-state index in [0.29, 0.717) is 6.42 Å². The number of Topliss-reactive ketones (excluding diaryl/α,β-unsaturated/α-hetero) is 1. The predicted molar refractivity (Wildman–Crippen MR) is 98.3 cm³/mol. The second-order valence-corrected chi connectivity index (χ2v) is 6.64. The highest BCUT2D eigenvalue weighted by Crippen LogP contribution is 2.10. The third-order valence-corrected chi connectivity index (χ3v) is 4.74. The Balaban J connectivity index is 1.41. The van der Waals surface area contributed by atoms with Gasteiger partial charge in [0, 0.05) is 51.3 Å². The van der Waals surface area contributed by atoms with E-state index in [2.05, 4.69) is 40.1 Å². The van der Waals surface area contributed by atoms with Crippen LogP contribution in [0.25, 0.3) is 0 Å². The van der Waals surface area contributed by atoms with Crippen molar-refractivity contribution in [3.8, 4) is 0 Å². The third kappa shape index (κ3) is 4.76. The first-order valence-electron chi connectivity index (χ1n) is 8.79. The van der Waals surface area contributed by atoms with Crippen LogP contribution in [-0.2, 0) is 6.54 Å². The SMILES string of the molecule is Cc1ccc(C(=O)CCN2CCN(Cc3ccccc3)CC2)cc1. The molecule has 3 nitrogen and oxygen atoms in total. The van der Waals surface area contributed by atoms with Gasteiger partial charge in [0.15, 0.2) is 5.78 Å². The van der Waals surface area contributed by atoms with Gasteiger partial charge in [-0.3, -0.25) is 9.69 Å². The van der Waals surface area contributed by atoms with Crippen LogP contribution in [0.15, 0.2) is 54.6 Å². The first-order chi connectivity index (χ1) is 11.7. The van der Waals surface area contributed by atoms with Crippen molar-refractivity contribution in [1.82, 2.24) is 9.80 Å². The van der Waals surface area contributed by atoms with Crippen LogP contribution < -0.4 is 0 Å². The Morgan fingerprint density at radius 1 is 0.875 bits per heavy atom. The molecule has 0 bridgehead atoms. The second kappa shape index (κ2) is 8.22. The zero-order valence-corrected chi connectivity index (χ0v) is 14.4. The summed E-state index contributed by atoms with van der Waals surface area (Å²) in [5.74, 6) is 0.252. The van der Waals surface area contributed by atoms with Gasteiger partial charge in [-0.1, -0.05) is 60.2 Å². The van der Waals surface area contributed by atoms with Crippen LogP contribution in [0.3, 0.4) is 0 Å². The van der Waals surface area contributed by atoms with Crippen LogP contribution in [0, 0.1) is 6.92 Å². The van der Waals surface area contributed by atoms with Gasteiger partial charge >= 0.3 is 0 Å². The lowest BCUT2D eigenvalue weighted by Gasteiger charge is -2.34. The molecule has 1 saturated heterocycles. The molecule has 24 heavy (non-hydrogen) atoms. The van der Waals surface area contributed by atoms with Crippen LogP contribution in [0.2, 0.25) is 0 Å². The molecule has 1 heterocycles. The maximum atomic E-state index is 12.3. The largest absolute Gasteiger partial charge is 0.300 e. The Hall–Kier alpha value is -1.97. The van der Waals surface area contributed by atoms with Crippen molar-refractivity contribution in [2.75, 3.05) is 32.7 Å². The van der Waals surface area contributed by atoms with E-state index in [9.17, 15) is 4.79 Å². The van der Waals surface area contributed by atoms with Crippen molar-refractivity contribution < 1.29 is 4.79 Å². The number of carbonyl (C=O) groups excluding carboxylic acids is 1. The van der Waals surface area contributed by atoms with Gasteiger partial charge in [-0.15, -0.1) is 0 Å². The zero-order valence-electron chi connectivity index (χ0n) is 14.4. The van der Waals surface area contributed by atoms with Gasteiger partial charge < -0.3 is 4.90 Å². The Kier molecular flexibility index (Phi) is 5.78. The van der Waals surface area contributed by atoms with E-state index in [1.807, 2.05) is 31.2 Å². The standard InChI is InChI=1S/C21H26N2O/c1-18-7-9-20(10-8-18)21(24)11-12-22-13-15-23(16-14-22)17-19-5-3-2-4-6-19/h2-10H,11-17H2,1H3. The molecule has 0 N–H and O–H groups in total. The number of ketones is 1. The number of aryl methyl sites for hydroxylation is 1. The normalized spacial score (nSPS) is 16.2. The minimum atomic E-state index is 0.252. The molecular formula is C21H26N2O. The molecule has 0 unspecified atom stereocenters. The lowest BCUT2D eigenvalue weighted by atomic mass is 10.1. The minimum Gasteiger partial charge on any atom is -0.300 e. The summed E-state index contributed by atoms with van der Waals surface area (Å²) in [6.07, 6.45) is 0.613. The molecule has 0 radical (unpaired) electrons. The fourth-order valence-electron chi connectivity index (χ4n) is 3.16. The van der Waals surface area contributed by atoms with Crippen molar-refractivity contribution in [2.45, 2.75) is 19.9 Å². The average molecular weight is 322 g/mol. The fraction of sp³-hybridized carbons (Fsp3) is 0.381. The monoisotopic (exact) mass is 322 g/mol. The minimum absolute atomic E-state index is 0.252. The Bertz CT molecular complexity index is 643. The van der Waals surface area contributed by atoms with Crippen molar-refractivity contribution >= 4 is 5.78 Å². The van der Waals surface area contributed by atoms with E-state index in [1.54, 1.807) is 0 Å². The number of rotatable bonds is 6. The molecule has 1 fully saturated rings. The van der Waals surface area contributed by atoms with Crippen LogP contribution in [0.4, 0.5) is 0 Å². The number of carbonyl (C=O) groups is 1. The van der Waals surface area contributed by atoms with Crippen LogP contribution >= 0.6 is 0 Å². The third-order valence-electron chi connectivity index (χ3n) is 4.74. The molecule has 0 aromatic heterocycles. The summed E-state index contributed by atoms with van der Waals surface area (Å²) >= 11 is 0. The average Bonchev–Trinajstić information content (AvgIpc) is 2.62. The van der Waals surface area contributed by atoms with Gasteiger partial charge in [-0.05, 0) is 12.5 Å². The molecule has 0 amide bonds. The highest BCUT2D eigenvalue weighted by molar-refractivity contribution is 5.96. The molecule has 1 aliphatic rings. The van der Waals surface area contributed by atoms with Crippen LogP contribution in [0.5, 0.6) is 0 Å². The molecule has 126 valence electrons. The number of benzene rings is 2. The molecule has 0 aliphatic carbocycles. The molecule has 3 heteroatoms. The highest BCUT2D eigenvalue weighted by atomic mass is 16.1. The predicted octanol–water partition coefficient (Wildman–Crippen LogP) is 3.39. The zero-order chi connectivity index (χ0) is 16.8. The second-order valence-electron chi connectivity index (χ2n) is 6.64. The molecule has 0 saturated carbocycles. The quantitative estimate of drug-likeness (QED) is 0.762. The Morgan fingerprint density at radius 2 is 1.50 bits per heavy atom. The van der Waals surface area contributed by atoms with E-state index in [-0.39, 0.29) is 5.78 Å². The molecule has 3 rings (SSSR count). The van der Waals surface area contributed by atoms with Crippen LogP contribution in [0.1, 0.15) is 27.9 Å². The summed E-state index contributed by atoms with van der Waals surface area (Å²) in [4.78, 5) is 17.2. The van der Waals surface area contributed by atoms with Gasteiger partial charge in [0.2, 0.25) is 0 Å². The summed E-state index contributed by atoms with van der Waals surface area (Å²) in [6.45, 7) is 8.19. The smallest absolute Gasteiger partial charge is 0.164 e. The van der Waals surface area contributed by atoms with E-state index < -0.39 is 0 Å². The van der Waals surface area contributed by atoms with E-state index >= 15 is 0 Å². The lowest BCUT2D eigenvalue weighted by molar-refractivity contribution is 0.0922. The van der Waals surface area contributed by atoms with Crippen molar-refractivity contribution in [2.24, 2.45) is 0 Å². The number of nitrogens with zero attached hydrogens (tertiary/aromatic N) is 2. The van der Waals surface area contributed by atoms with E-state index in [0.717, 1.165) is 44.8 Å². The maximum Gasteiger partial charge on any atom is 0.164 e. The summed E-state index contributed by atoms with van der Waals surface area (Å²) in [5, 5.41) is 0. The van der Waals surface area contributed by atoms with E-state index in [1.165, 1.54) is 11.1 Å². The first kappa shape index (κ1) is 16.9. The fourth-order valence-corrected chi connectivity index (χ4v) is 3.16. The van der Waals surface area contributed by atoms with Gasteiger partial charge in [-0.2, -0.15) is 0 Å². The van der Waals surface area contributed by atoms with Gasteiger partial charge in [0.05, 0.1) is 0 Å². The van der Waals surface area contributed by atoms with Crippen molar-refractivity contribution in [1.29, 1.82) is 0 Å². The van der Waals surface area contributed by atoms with Gasteiger partial charge in [0.1, 0.15) is 0 Å². The summed E-state index contributed by atoms with van der Waals surface area (Å²) in [7, 11) is 0. The molecule has 0 atom stereocenters. The molecular weight excluding hydrogens is 296 g/mol. The highest BCUT2D eigenvalue weighted by Gasteiger charge is 2.17. The molecule has 2 aromatic rings. The summed E-state index contributed by atoms with van der Waals surface area (Å²) in [6, 6.07) is 18.5. The van der Waals surface area contributed by atoms with Gasteiger partial charge in [-0.25, -0.2) is 0 Å². The van der Waals surface area contributed by atoms with Gasteiger partial charge in [0.25, 0.3) is 0 Å². The van der Waals surface area contributed by atoms with E-state index in [4.69, 9.17) is 0 Å². The van der Waals surface area contributed by atoms with Crippen molar-refractivity contribution in [3.05, 3.63) is 71.3 Å². The first-order valence-corrected chi connectivity index (χ1v) is 8.79.